The van der Waals surface area contributed by atoms with Gasteiger partial charge in [-0.1, -0.05) is 18.2 Å². The van der Waals surface area contributed by atoms with E-state index in [-0.39, 0.29) is 12.0 Å². The molecule has 166 valence electrons. The molecule has 0 spiro atoms. The van der Waals surface area contributed by atoms with Crippen molar-refractivity contribution >= 4 is 5.91 Å². The molecule has 1 unspecified atom stereocenters. The number of carbonyl (C=O) groups excluding carboxylic acids is 1. The van der Waals surface area contributed by atoms with Crippen LogP contribution < -0.4 is 4.74 Å². The summed E-state index contributed by atoms with van der Waals surface area (Å²) in [5.74, 6) is 1.07. The van der Waals surface area contributed by atoms with Crippen molar-refractivity contribution in [2.45, 2.75) is 12.6 Å². The molecule has 2 saturated heterocycles. The maximum absolute atomic E-state index is 12.8. The van der Waals surface area contributed by atoms with Crippen molar-refractivity contribution in [3.05, 3.63) is 59.7 Å². The van der Waals surface area contributed by atoms with Crippen molar-refractivity contribution in [1.82, 2.24) is 14.7 Å². The van der Waals surface area contributed by atoms with E-state index < -0.39 is 0 Å². The monoisotopic (exact) mass is 425 g/mol. The zero-order valence-corrected chi connectivity index (χ0v) is 18.1. The number of rotatable bonds is 6. The summed E-state index contributed by atoms with van der Waals surface area (Å²) in [7, 11) is 1.61. The van der Waals surface area contributed by atoms with Gasteiger partial charge in [0.05, 0.1) is 19.8 Å². The van der Waals surface area contributed by atoms with E-state index in [4.69, 9.17) is 9.47 Å². The summed E-state index contributed by atoms with van der Waals surface area (Å²) in [6.07, 6.45) is 0.173. The summed E-state index contributed by atoms with van der Waals surface area (Å²) in [6, 6.07) is 14.8. The Kier molecular flexibility index (Phi) is 7.06. The average molecular weight is 426 g/mol. The molecule has 7 heteroatoms. The summed E-state index contributed by atoms with van der Waals surface area (Å²) >= 11 is 0. The minimum absolute atomic E-state index is 0.0625. The second kappa shape index (κ2) is 10.1. The van der Waals surface area contributed by atoms with Gasteiger partial charge in [-0.2, -0.15) is 0 Å². The van der Waals surface area contributed by atoms with E-state index in [2.05, 4.69) is 9.80 Å². The minimum Gasteiger partial charge on any atom is -0.508 e. The number of carbonyl (C=O) groups is 1. The zero-order chi connectivity index (χ0) is 21.6. The highest BCUT2D eigenvalue weighted by molar-refractivity contribution is 5.94. The Morgan fingerprint density at radius 3 is 2.58 bits per heavy atom. The third-order valence-corrected chi connectivity index (χ3v) is 6.00. The predicted octanol–water partition coefficient (Wildman–Crippen LogP) is 2.06. The fourth-order valence-electron chi connectivity index (χ4n) is 4.25. The van der Waals surface area contributed by atoms with Crippen LogP contribution in [0.3, 0.4) is 0 Å². The molecule has 2 aliphatic rings. The highest BCUT2D eigenvalue weighted by atomic mass is 16.5. The van der Waals surface area contributed by atoms with Gasteiger partial charge < -0.3 is 19.5 Å². The van der Waals surface area contributed by atoms with Gasteiger partial charge in [-0.25, -0.2) is 0 Å². The molecule has 2 aromatic carbocycles. The predicted molar refractivity (Wildman–Crippen MR) is 118 cm³/mol. The van der Waals surface area contributed by atoms with Gasteiger partial charge in [0.1, 0.15) is 11.5 Å². The first-order valence-electron chi connectivity index (χ1n) is 10.9. The fourth-order valence-corrected chi connectivity index (χ4v) is 4.25. The maximum Gasteiger partial charge on any atom is 0.254 e. The summed E-state index contributed by atoms with van der Waals surface area (Å²) in [4.78, 5) is 19.5. The molecule has 2 fully saturated rings. The topological polar surface area (TPSA) is 65.5 Å². The van der Waals surface area contributed by atoms with Crippen molar-refractivity contribution in [3.8, 4) is 11.5 Å². The van der Waals surface area contributed by atoms with Crippen LogP contribution in [-0.2, 0) is 11.3 Å². The molecule has 1 N–H and O–H groups in total. The molecule has 2 heterocycles. The summed E-state index contributed by atoms with van der Waals surface area (Å²) in [5.41, 5.74) is 1.87. The normalized spacial score (nSPS) is 20.5. The zero-order valence-electron chi connectivity index (χ0n) is 18.1. The Labute approximate surface area is 183 Å². The molecule has 1 amide bonds. The van der Waals surface area contributed by atoms with Crippen LogP contribution >= 0.6 is 0 Å². The number of benzene rings is 2. The number of phenolic OH excluding ortho intramolecular Hbond substituents is 1. The Morgan fingerprint density at radius 1 is 1.06 bits per heavy atom. The first-order chi connectivity index (χ1) is 15.1. The fraction of sp³-hybridized carbons (Fsp3) is 0.458. The molecule has 0 saturated carbocycles. The van der Waals surface area contributed by atoms with Crippen LogP contribution in [0.5, 0.6) is 11.5 Å². The van der Waals surface area contributed by atoms with Gasteiger partial charge in [-0.3, -0.25) is 14.6 Å². The van der Waals surface area contributed by atoms with Crippen LogP contribution in [0.2, 0.25) is 0 Å². The van der Waals surface area contributed by atoms with E-state index in [9.17, 15) is 9.90 Å². The first kappa shape index (κ1) is 21.6. The number of hydrogen-bond donors (Lipinski definition) is 1. The number of piperazine rings is 1. The van der Waals surface area contributed by atoms with Crippen molar-refractivity contribution in [1.29, 1.82) is 0 Å². The number of methoxy groups -OCH3 is 1. The lowest BCUT2D eigenvalue weighted by Crippen LogP contribution is -2.53. The van der Waals surface area contributed by atoms with Crippen molar-refractivity contribution in [2.24, 2.45) is 0 Å². The molecule has 0 bridgehead atoms. The molecular weight excluding hydrogens is 394 g/mol. The van der Waals surface area contributed by atoms with E-state index in [1.54, 1.807) is 25.3 Å². The molecule has 7 nitrogen and oxygen atoms in total. The quantitative estimate of drug-likeness (QED) is 0.764. The third-order valence-electron chi connectivity index (χ3n) is 6.00. The highest BCUT2D eigenvalue weighted by Crippen LogP contribution is 2.17. The lowest BCUT2D eigenvalue weighted by atomic mass is 10.1. The van der Waals surface area contributed by atoms with Crippen molar-refractivity contribution < 1.29 is 19.4 Å². The number of phenols is 1. The molecule has 0 aromatic heterocycles. The van der Waals surface area contributed by atoms with Gasteiger partial charge in [0.25, 0.3) is 5.91 Å². The van der Waals surface area contributed by atoms with E-state index in [0.29, 0.717) is 17.1 Å². The van der Waals surface area contributed by atoms with E-state index in [1.165, 1.54) is 5.56 Å². The summed E-state index contributed by atoms with van der Waals surface area (Å²) in [5, 5.41) is 9.46. The molecule has 0 radical (unpaired) electrons. The van der Waals surface area contributed by atoms with Crippen LogP contribution in [0.1, 0.15) is 15.9 Å². The number of nitrogens with zero attached hydrogens (tertiary/aromatic N) is 3. The van der Waals surface area contributed by atoms with E-state index >= 15 is 0 Å². The van der Waals surface area contributed by atoms with Crippen LogP contribution in [0.15, 0.2) is 48.5 Å². The lowest BCUT2D eigenvalue weighted by molar-refractivity contribution is -0.0497. The molecule has 2 aromatic rings. The van der Waals surface area contributed by atoms with Crippen LogP contribution in [0, 0.1) is 0 Å². The Morgan fingerprint density at radius 2 is 1.84 bits per heavy atom. The van der Waals surface area contributed by atoms with Gasteiger partial charge in [-0.15, -0.1) is 0 Å². The number of morpholine rings is 1. The average Bonchev–Trinajstić information content (AvgIpc) is 2.81. The van der Waals surface area contributed by atoms with Gasteiger partial charge in [0.15, 0.2) is 0 Å². The summed E-state index contributed by atoms with van der Waals surface area (Å²) in [6.45, 7) is 7.44. The Hall–Kier alpha value is -2.61. The molecule has 0 aliphatic carbocycles. The van der Waals surface area contributed by atoms with Crippen LogP contribution in [0.25, 0.3) is 0 Å². The highest BCUT2D eigenvalue weighted by Gasteiger charge is 2.27. The Bertz CT molecular complexity index is 865. The van der Waals surface area contributed by atoms with Gasteiger partial charge in [0.2, 0.25) is 0 Å². The van der Waals surface area contributed by atoms with E-state index in [1.807, 2.05) is 35.2 Å². The smallest absolute Gasteiger partial charge is 0.254 e. The summed E-state index contributed by atoms with van der Waals surface area (Å²) < 4.78 is 11.3. The van der Waals surface area contributed by atoms with Crippen LogP contribution in [0.4, 0.5) is 0 Å². The SMILES string of the molecule is COc1cccc(C(=O)N2CCN(CC3CN(Cc4ccc(O)cc4)CCO3)CC2)c1. The number of ether oxygens (including phenoxy) is 2. The lowest BCUT2D eigenvalue weighted by Gasteiger charge is -2.39. The standard InChI is InChI=1S/C24H31N3O4/c1-30-22-4-2-3-20(15-22)24(29)27-11-9-25(10-12-27)17-23-18-26(13-14-31-23)16-19-5-7-21(28)8-6-19/h2-8,15,23,28H,9-14,16-18H2,1H3. The number of aromatic hydroxyl groups is 1. The molecule has 4 rings (SSSR count). The van der Waals surface area contributed by atoms with Gasteiger partial charge >= 0.3 is 0 Å². The third kappa shape index (κ3) is 5.76. The van der Waals surface area contributed by atoms with Gasteiger partial charge in [0, 0.05) is 57.9 Å². The number of amides is 1. The molecule has 1 atom stereocenters. The maximum atomic E-state index is 12.8. The minimum atomic E-state index is 0.0625. The number of hydrogen-bond acceptors (Lipinski definition) is 6. The van der Waals surface area contributed by atoms with E-state index in [0.717, 1.165) is 59.0 Å². The first-order valence-corrected chi connectivity index (χ1v) is 10.9. The van der Waals surface area contributed by atoms with Crippen molar-refractivity contribution in [2.75, 3.05) is 59.5 Å². The van der Waals surface area contributed by atoms with Crippen molar-refractivity contribution in [3.63, 3.8) is 0 Å². The second-order valence-corrected chi connectivity index (χ2v) is 8.22. The van der Waals surface area contributed by atoms with Gasteiger partial charge in [-0.05, 0) is 35.9 Å². The molecule has 2 aliphatic heterocycles. The second-order valence-electron chi connectivity index (χ2n) is 8.22. The molecular formula is C24H31N3O4. The largest absolute Gasteiger partial charge is 0.508 e. The Balaban J connectivity index is 1.24. The molecule has 31 heavy (non-hydrogen) atoms. The van der Waals surface area contributed by atoms with Crippen LogP contribution in [-0.4, -0.2) is 91.3 Å².